The summed E-state index contributed by atoms with van der Waals surface area (Å²) in [6.45, 7) is -0.969. The van der Waals surface area contributed by atoms with Crippen LogP contribution in [0.15, 0.2) is 30.3 Å². The molecule has 0 heterocycles. The van der Waals surface area contributed by atoms with E-state index in [1.165, 1.54) is 0 Å². The van der Waals surface area contributed by atoms with Crippen LogP contribution >= 0.6 is 15.9 Å². The minimum atomic E-state index is -2.24. The van der Waals surface area contributed by atoms with Gasteiger partial charge in [0, 0.05) is 26.4 Å². The second kappa shape index (κ2) is 12.1. The third-order valence-corrected chi connectivity index (χ3v) is 5.27. The maximum absolute atomic E-state index is 12.5. The fourth-order valence-electron chi connectivity index (χ4n) is 3.13. The van der Waals surface area contributed by atoms with Crippen molar-refractivity contribution in [3.05, 3.63) is 35.9 Å². The standard InChI is InChI=1S/C19H24BrN3O9/c1-12(24)21-19(18(31)32,9-13-5-3-2-4-6-13)23(16(20)17(29)30)8-7-22(10-14(25)26)11-15(27)28/h2-6,16H,7-11H2,1H3,(H,21,24)(H,25,26)(H,27,28)(H,29,30)(H,31,32). The van der Waals surface area contributed by atoms with E-state index < -0.39 is 60.0 Å². The molecule has 12 nitrogen and oxygen atoms in total. The molecule has 0 fully saturated rings. The molecule has 0 aliphatic heterocycles. The zero-order valence-corrected chi connectivity index (χ0v) is 18.7. The second-order valence-electron chi connectivity index (χ2n) is 6.87. The molecule has 1 rings (SSSR count). The lowest BCUT2D eigenvalue weighted by molar-refractivity contribution is -0.162. The van der Waals surface area contributed by atoms with Crippen molar-refractivity contribution >= 4 is 45.7 Å². The van der Waals surface area contributed by atoms with Gasteiger partial charge in [-0.2, -0.15) is 0 Å². The number of benzene rings is 1. The predicted octanol–water partition coefficient (Wildman–Crippen LogP) is -0.275. The van der Waals surface area contributed by atoms with Crippen molar-refractivity contribution in [2.75, 3.05) is 26.2 Å². The van der Waals surface area contributed by atoms with Crippen molar-refractivity contribution in [1.82, 2.24) is 15.1 Å². The lowest BCUT2D eigenvalue weighted by atomic mass is 9.96. The normalized spacial score (nSPS) is 13.9. The Balaban J connectivity index is 3.45. The van der Waals surface area contributed by atoms with Crippen LogP contribution in [0.2, 0.25) is 0 Å². The predicted molar refractivity (Wildman–Crippen MR) is 113 cm³/mol. The Morgan fingerprint density at radius 2 is 1.50 bits per heavy atom. The highest BCUT2D eigenvalue weighted by molar-refractivity contribution is 9.09. The van der Waals surface area contributed by atoms with Crippen LogP contribution in [0.4, 0.5) is 0 Å². The molecule has 1 amide bonds. The van der Waals surface area contributed by atoms with Gasteiger partial charge in [0.05, 0.1) is 13.1 Å². The summed E-state index contributed by atoms with van der Waals surface area (Å²) in [4.78, 5) is 58.6. The van der Waals surface area contributed by atoms with Crippen LogP contribution in [0.25, 0.3) is 0 Å². The summed E-state index contributed by atoms with van der Waals surface area (Å²) in [6.07, 6.45) is -0.323. The van der Waals surface area contributed by atoms with Crippen molar-refractivity contribution in [1.29, 1.82) is 0 Å². The molecule has 176 valence electrons. The van der Waals surface area contributed by atoms with Gasteiger partial charge in [-0.25, -0.2) is 14.5 Å². The lowest BCUT2D eigenvalue weighted by Gasteiger charge is -2.43. The number of halogens is 1. The molecule has 0 aliphatic carbocycles. The van der Waals surface area contributed by atoms with Crippen molar-refractivity contribution in [2.45, 2.75) is 24.0 Å². The van der Waals surface area contributed by atoms with Gasteiger partial charge in [-0.15, -0.1) is 0 Å². The number of carboxylic acids is 4. The van der Waals surface area contributed by atoms with Crippen LogP contribution < -0.4 is 5.32 Å². The molecule has 0 aromatic heterocycles. The number of carbonyl (C=O) groups excluding carboxylic acids is 1. The van der Waals surface area contributed by atoms with E-state index in [1.54, 1.807) is 30.3 Å². The minimum Gasteiger partial charge on any atom is -0.480 e. The summed E-state index contributed by atoms with van der Waals surface area (Å²) in [7, 11) is 0. The topological polar surface area (TPSA) is 185 Å². The largest absolute Gasteiger partial charge is 0.480 e. The molecule has 0 radical (unpaired) electrons. The smallest absolute Gasteiger partial charge is 0.345 e. The lowest BCUT2D eigenvalue weighted by Crippen LogP contribution is -2.70. The number of carbonyl (C=O) groups is 5. The zero-order chi connectivity index (χ0) is 24.5. The first-order chi connectivity index (χ1) is 14.9. The number of hydrogen-bond acceptors (Lipinski definition) is 7. The number of nitrogens with zero attached hydrogens (tertiary/aromatic N) is 2. The maximum atomic E-state index is 12.5. The number of carboxylic acid groups (broad SMARTS) is 4. The first kappa shape index (κ1) is 27.0. The van der Waals surface area contributed by atoms with Crippen molar-refractivity contribution < 1.29 is 44.4 Å². The average molecular weight is 518 g/mol. The SMILES string of the molecule is CC(=O)NC(Cc1ccccc1)(C(=O)O)N(CCN(CC(=O)O)CC(=O)O)C(Br)C(=O)O. The molecule has 2 unspecified atom stereocenters. The molecule has 0 saturated carbocycles. The molecule has 0 spiro atoms. The molecule has 2 atom stereocenters. The molecule has 13 heteroatoms. The van der Waals surface area contributed by atoms with Gasteiger partial charge in [-0.1, -0.05) is 46.3 Å². The van der Waals surface area contributed by atoms with E-state index in [0.717, 1.165) is 16.7 Å². The molecule has 0 bridgehead atoms. The highest BCUT2D eigenvalue weighted by Gasteiger charge is 2.49. The molecule has 0 saturated heterocycles. The van der Waals surface area contributed by atoms with Crippen molar-refractivity contribution in [3.63, 3.8) is 0 Å². The van der Waals surface area contributed by atoms with Gasteiger partial charge in [0.1, 0.15) is 0 Å². The molecule has 5 N–H and O–H groups in total. The van der Waals surface area contributed by atoms with Crippen molar-refractivity contribution in [3.8, 4) is 0 Å². The number of aliphatic carboxylic acids is 4. The number of amides is 1. The van der Waals surface area contributed by atoms with Crippen LogP contribution in [0.5, 0.6) is 0 Å². The molecular formula is C19H24BrN3O9. The summed E-state index contributed by atoms with van der Waals surface area (Å²) in [5.41, 5.74) is -1.76. The van der Waals surface area contributed by atoms with Gasteiger partial charge in [0.2, 0.25) is 5.91 Å². The summed E-state index contributed by atoms with van der Waals surface area (Å²) in [5, 5.41) is 40.0. The fraction of sp³-hybridized carbons (Fsp3) is 0.421. The average Bonchev–Trinajstić information content (AvgIpc) is 2.66. The molecule has 1 aromatic rings. The number of nitrogens with one attached hydrogen (secondary N) is 1. The molecule has 0 aliphatic rings. The molecule has 32 heavy (non-hydrogen) atoms. The van der Waals surface area contributed by atoms with Crippen LogP contribution in [-0.4, -0.2) is 96.8 Å². The summed E-state index contributed by atoms with van der Waals surface area (Å²) in [5.74, 6) is -6.39. The first-order valence-corrected chi connectivity index (χ1v) is 10.2. The van der Waals surface area contributed by atoms with Crippen LogP contribution in [-0.2, 0) is 30.4 Å². The van der Waals surface area contributed by atoms with Crippen LogP contribution in [0.3, 0.4) is 0 Å². The fourth-order valence-corrected chi connectivity index (χ4v) is 3.68. The number of hydrogen-bond donors (Lipinski definition) is 5. The molecule has 1 aromatic carbocycles. The van der Waals surface area contributed by atoms with Gasteiger partial charge < -0.3 is 25.7 Å². The number of rotatable bonds is 14. The Bertz CT molecular complexity index is 836. The van der Waals surface area contributed by atoms with Gasteiger partial charge in [-0.3, -0.25) is 19.3 Å². The summed E-state index contributed by atoms with van der Waals surface area (Å²) in [6, 6.07) is 8.18. The number of alkyl halides is 1. The quantitative estimate of drug-likeness (QED) is 0.124. The Labute approximate surface area is 191 Å². The Morgan fingerprint density at radius 3 is 1.91 bits per heavy atom. The maximum Gasteiger partial charge on any atom is 0.345 e. The third kappa shape index (κ3) is 7.90. The van der Waals surface area contributed by atoms with Gasteiger partial charge in [-0.05, 0) is 5.56 Å². The Morgan fingerprint density at radius 1 is 0.969 bits per heavy atom. The third-order valence-electron chi connectivity index (χ3n) is 4.38. The van der Waals surface area contributed by atoms with Gasteiger partial charge in [0.25, 0.3) is 0 Å². The van der Waals surface area contributed by atoms with E-state index in [1.807, 2.05) is 0 Å². The highest BCUT2D eigenvalue weighted by atomic mass is 79.9. The van der Waals surface area contributed by atoms with E-state index >= 15 is 0 Å². The van der Waals surface area contributed by atoms with Crippen LogP contribution in [0, 0.1) is 0 Å². The van der Waals surface area contributed by atoms with E-state index in [9.17, 15) is 34.2 Å². The molecular weight excluding hydrogens is 494 g/mol. The first-order valence-electron chi connectivity index (χ1n) is 9.24. The Kier molecular flexibility index (Phi) is 10.2. The van der Waals surface area contributed by atoms with E-state index in [0.29, 0.717) is 5.56 Å². The zero-order valence-electron chi connectivity index (χ0n) is 17.1. The summed E-state index contributed by atoms with van der Waals surface area (Å²) < 4.78 is 0. The summed E-state index contributed by atoms with van der Waals surface area (Å²) >= 11 is 2.93. The minimum absolute atomic E-state index is 0.308. The highest BCUT2D eigenvalue weighted by Crippen LogP contribution is 2.25. The van der Waals surface area contributed by atoms with E-state index in [2.05, 4.69) is 21.2 Å². The monoisotopic (exact) mass is 517 g/mol. The van der Waals surface area contributed by atoms with Crippen molar-refractivity contribution in [2.24, 2.45) is 0 Å². The Hall–Kier alpha value is -3.03. The van der Waals surface area contributed by atoms with Gasteiger partial charge >= 0.3 is 23.9 Å². The van der Waals surface area contributed by atoms with Crippen LogP contribution in [0.1, 0.15) is 12.5 Å². The second-order valence-corrected chi connectivity index (χ2v) is 7.74. The van der Waals surface area contributed by atoms with Gasteiger partial charge in [0.15, 0.2) is 10.6 Å². The van der Waals surface area contributed by atoms with E-state index in [4.69, 9.17) is 10.2 Å². The van der Waals surface area contributed by atoms with E-state index in [-0.39, 0.29) is 13.0 Å².